The number of benzene rings is 1. The van der Waals surface area contributed by atoms with Gasteiger partial charge in [-0.2, -0.15) is 5.26 Å². The molecule has 126 valence electrons. The molecule has 0 radical (unpaired) electrons. The number of likely N-dealkylation sites (tertiary alicyclic amines) is 1. The first-order valence-corrected chi connectivity index (χ1v) is 7.74. The van der Waals surface area contributed by atoms with Gasteiger partial charge in [0.15, 0.2) is 0 Å². The first-order chi connectivity index (χ1) is 11.4. The lowest BCUT2D eigenvalue weighted by Gasteiger charge is -2.29. The van der Waals surface area contributed by atoms with Crippen molar-refractivity contribution in [3.63, 3.8) is 0 Å². The summed E-state index contributed by atoms with van der Waals surface area (Å²) in [6.07, 6.45) is 2.07. The maximum atomic E-state index is 12.4. The number of aliphatic carboxylic acids is 1. The molecule has 1 aliphatic rings. The van der Waals surface area contributed by atoms with Crippen molar-refractivity contribution in [2.75, 3.05) is 24.1 Å². The summed E-state index contributed by atoms with van der Waals surface area (Å²) < 4.78 is 0. The minimum atomic E-state index is -0.849. The van der Waals surface area contributed by atoms with Crippen LogP contribution in [0.15, 0.2) is 30.0 Å². The van der Waals surface area contributed by atoms with E-state index in [4.69, 9.17) is 22.4 Å². The van der Waals surface area contributed by atoms with Crippen molar-refractivity contribution < 1.29 is 14.7 Å². The van der Waals surface area contributed by atoms with Crippen molar-refractivity contribution in [1.29, 1.82) is 5.26 Å². The van der Waals surface area contributed by atoms with E-state index in [-0.39, 0.29) is 5.57 Å². The SMILES string of the molecule is N#C/C(=C/Nc1ccc(N)cc1Cl)C(=O)N1CCC(C(=O)O)CC1. The summed E-state index contributed by atoms with van der Waals surface area (Å²) in [6, 6.07) is 6.71. The average Bonchev–Trinajstić information content (AvgIpc) is 2.57. The van der Waals surface area contributed by atoms with Crippen LogP contribution in [0, 0.1) is 17.2 Å². The summed E-state index contributed by atoms with van der Waals surface area (Å²) in [5, 5.41) is 21.4. The minimum Gasteiger partial charge on any atom is -0.481 e. The largest absolute Gasteiger partial charge is 0.481 e. The molecule has 1 aromatic rings. The number of anilines is 2. The normalized spacial score (nSPS) is 15.7. The number of nitriles is 1. The lowest BCUT2D eigenvalue weighted by atomic mass is 9.97. The number of piperidine rings is 1. The molecule has 0 atom stereocenters. The highest BCUT2D eigenvalue weighted by atomic mass is 35.5. The number of nitrogens with two attached hydrogens (primary N) is 1. The number of nitrogen functional groups attached to an aromatic ring is 1. The minimum absolute atomic E-state index is 0.0725. The van der Waals surface area contributed by atoms with Gasteiger partial charge in [0.1, 0.15) is 11.6 Å². The number of nitrogens with zero attached hydrogens (tertiary/aromatic N) is 2. The average molecular weight is 349 g/mol. The van der Waals surface area contributed by atoms with Crippen LogP contribution >= 0.6 is 11.6 Å². The number of carbonyl (C=O) groups is 2. The van der Waals surface area contributed by atoms with Gasteiger partial charge in [-0.1, -0.05) is 11.6 Å². The van der Waals surface area contributed by atoms with Gasteiger partial charge < -0.3 is 21.1 Å². The number of hydrogen-bond acceptors (Lipinski definition) is 5. The smallest absolute Gasteiger partial charge is 0.306 e. The molecule has 1 amide bonds. The van der Waals surface area contributed by atoms with Crippen LogP contribution in [-0.2, 0) is 9.59 Å². The fraction of sp³-hybridized carbons (Fsp3) is 0.312. The molecule has 1 aromatic carbocycles. The Morgan fingerprint density at radius 2 is 2.08 bits per heavy atom. The van der Waals surface area contributed by atoms with E-state index < -0.39 is 17.8 Å². The summed E-state index contributed by atoms with van der Waals surface area (Å²) in [5.41, 5.74) is 6.56. The van der Waals surface area contributed by atoms with Crippen LogP contribution in [0.1, 0.15) is 12.8 Å². The number of nitrogens with one attached hydrogen (secondary N) is 1. The molecule has 1 aliphatic heterocycles. The molecule has 0 spiro atoms. The second-order valence-electron chi connectivity index (χ2n) is 5.46. The standard InChI is InChI=1S/C16H17ClN4O3/c17-13-7-12(19)1-2-14(13)20-9-11(8-18)15(22)21-5-3-10(4-6-21)16(23)24/h1-2,7,9-10,20H,3-6,19H2,(H,23,24)/b11-9-. The predicted octanol–water partition coefficient (Wildman–Crippen LogP) is 2.06. The Bertz CT molecular complexity index is 719. The molecule has 24 heavy (non-hydrogen) atoms. The summed E-state index contributed by atoms with van der Waals surface area (Å²) in [6.45, 7) is 0.634. The topological polar surface area (TPSA) is 119 Å². The lowest BCUT2D eigenvalue weighted by molar-refractivity contribution is -0.145. The molecular formula is C16H17ClN4O3. The maximum Gasteiger partial charge on any atom is 0.306 e. The number of rotatable bonds is 4. The van der Waals surface area contributed by atoms with Gasteiger partial charge in [0.25, 0.3) is 5.91 Å². The molecule has 1 heterocycles. The summed E-state index contributed by atoms with van der Waals surface area (Å²) in [5.74, 6) is -1.71. The van der Waals surface area contributed by atoms with Crippen LogP contribution in [0.3, 0.4) is 0 Å². The van der Waals surface area contributed by atoms with Gasteiger partial charge in [-0.05, 0) is 31.0 Å². The Balaban J connectivity index is 2.04. The Kier molecular flexibility index (Phi) is 5.66. The van der Waals surface area contributed by atoms with Gasteiger partial charge >= 0.3 is 5.97 Å². The molecule has 8 heteroatoms. The first kappa shape index (κ1) is 17.6. The monoisotopic (exact) mass is 348 g/mol. The highest BCUT2D eigenvalue weighted by Gasteiger charge is 2.28. The molecule has 0 saturated carbocycles. The molecule has 1 saturated heterocycles. The molecule has 1 fully saturated rings. The third kappa shape index (κ3) is 4.18. The number of halogens is 1. The van der Waals surface area contributed by atoms with Crippen molar-refractivity contribution in [3.05, 3.63) is 35.0 Å². The number of hydrogen-bond donors (Lipinski definition) is 3. The zero-order valence-corrected chi connectivity index (χ0v) is 13.6. The van der Waals surface area contributed by atoms with E-state index in [1.165, 1.54) is 11.1 Å². The Hall–Kier alpha value is -2.72. The van der Waals surface area contributed by atoms with Gasteiger partial charge in [0.05, 0.1) is 16.6 Å². The molecular weight excluding hydrogens is 332 g/mol. The van der Waals surface area contributed by atoms with Gasteiger partial charge in [-0.3, -0.25) is 9.59 Å². The molecule has 0 bridgehead atoms. The molecule has 2 rings (SSSR count). The third-order valence-electron chi connectivity index (χ3n) is 3.85. The van der Waals surface area contributed by atoms with Gasteiger partial charge in [0, 0.05) is 25.0 Å². The Morgan fingerprint density at radius 1 is 1.42 bits per heavy atom. The predicted molar refractivity (Wildman–Crippen MR) is 90.1 cm³/mol. The van der Waals surface area contributed by atoms with Gasteiger partial charge in [-0.25, -0.2) is 0 Å². The van der Waals surface area contributed by atoms with Gasteiger partial charge in [0.2, 0.25) is 0 Å². The number of carboxylic acids is 1. The maximum absolute atomic E-state index is 12.4. The molecule has 0 aromatic heterocycles. The van der Waals surface area contributed by atoms with Crippen molar-refractivity contribution in [1.82, 2.24) is 4.90 Å². The van der Waals surface area contributed by atoms with E-state index in [1.54, 1.807) is 18.2 Å². The number of carbonyl (C=O) groups excluding carboxylic acids is 1. The van der Waals surface area contributed by atoms with E-state index >= 15 is 0 Å². The van der Waals surface area contributed by atoms with E-state index in [2.05, 4.69) is 5.32 Å². The van der Waals surface area contributed by atoms with E-state index in [0.717, 1.165) is 0 Å². The van der Waals surface area contributed by atoms with Crippen LogP contribution in [-0.4, -0.2) is 35.0 Å². The zero-order valence-electron chi connectivity index (χ0n) is 12.8. The summed E-state index contributed by atoms with van der Waals surface area (Å²) in [7, 11) is 0. The van der Waals surface area contributed by atoms with Crippen LogP contribution in [0.25, 0.3) is 0 Å². The van der Waals surface area contributed by atoms with E-state index in [1.807, 2.05) is 6.07 Å². The van der Waals surface area contributed by atoms with Crippen LogP contribution < -0.4 is 11.1 Å². The van der Waals surface area contributed by atoms with Crippen molar-refractivity contribution >= 4 is 34.9 Å². The Morgan fingerprint density at radius 3 is 2.62 bits per heavy atom. The number of amides is 1. The van der Waals surface area contributed by atoms with E-state index in [9.17, 15) is 14.9 Å². The van der Waals surface area contributed by atoms with Crippen molar-refractivity contribution in [2.45, 2.75) is 12.8 Å². The van der Waals surface area contributed by atoms with E-state index in [0.29, 0.717) is 42.3 Å². The second-order valence-corrected chi connectivity index (χ2v) is 5.87. The highest BCUT2D eigenvalue weighted by molar-refractivity contribution is 6.33. The van der Waals surface area contributed by atoms with Crippen molar-refractivity contribution in [2.24, 2.45) is 5.92 Å². The molecule has 0 aliphatic carbocycles. The lowest BCUT2D eigenvalue weighted by Crippen LogP contribution is -2.40. The highest BCUT2D eigenvalue weighted by Crippen LogP contribution is 2.24. The Labute approximate surface area is 144 Å². The van der Waals surface area contributed by atoms with Crippen LogP contribution in [0.2, 0.25) is 5.02 Å². The van der Waals surface area contributed by atoms with Crippen LogP contribution in [0.4, 0.5) is 11.4 Å². The fourth-order valence-corrected chi connectivity index (χ4v) is 2.68. The molecule has 7 nitrogen and oxygen atoms in total. The summed E-state index contributed by atoms with van der Waals surface area (Å²) in [4.78, 5) is 24.8. The third-order valence-corrected chi connectivity index (χ3v) is 4.16. The van der Waals surface area contributed by atoms with Crippen LogP contribution in [0.5, 0.6) is 0 Å². The molecule has 4 N–H and O–H groups in total. The van der Waals surface area contributed by atoms with Crippen molar-refractivity contribution in [3.8, 4) is 6.07 Å². The van der Waals surface area contributed by atoms with Gasteiger partial charge in [-0.15, -0.1) is 0 Å². The summed E-state index contributed by atoms with van der Waals surface area (Å²) >= 11 is 6.02. The first-order valence-electron chi connectivity index (χ1n) is 7.36. The number of carboxylic acid groups (broad SMARTS) is 1. The molecule has 0 unspecified atom stereocenters. The fourth-order valence-electron chi connectivity index (χ4n) is 2.44. The quantitative estimate of drug-likeness (QED) is 0.435. The second kappa shape index (κ2) is 7.70. The zero-order chi connectivity index (χ0) is 17.7.